The van der Waals surface area contributed by atoms with Crippen LogP contribution in [-0.2, 0) is 4.79 Å². The Bertz CT molecular complexity index is 615. The van der Waals surface area contributed by atoms with Crippen LogP contribution in [0.3, 0.4) is 0 Å². The van der Waals surface area contributed by atoms with Crippen LogP contribution < -0.4 is 4.74 Å². The minimum absolute atomic E-state index is 0.483. The first kappa shape index (κ1) is 14.7. The zero-order valence-electron chi connectivity index (χ0n) is 11.5. The van der Waals surface area contributed by atoms with Crippen LogP contribution in [0, 0.1) is 0 Å². The Hall–Kier alpha value is -1.75. The van der Waals surface area contributed by atoms with E-state index in [1.54, 1.807) is 6.20 Å². The monoisotopic (exact) mass is 291 g/mol. The molecule has 5 heteroatoms. The second-order valence-electron chi connectivity index (χ2n) is 4.26. The summed E-state index contributed by atoms with van der Waals surface area (Å²) in [6.07, 6.45) is 2.23. The SMILES string of the molecule is CCOc1cnc(S[C@@H](CC)C(=O)O)c2ccccc12. The highest BCUT2D eigenvalue weighted by molar-refractivity contribution is 8.00. The van der Waals surface area contributed by atoms with Gasteiger partial charge in [-0.3, -0.25) is 4.79 Å². The van der Waals surface area contributed by atoms with Crippen molar-refractivity contribution in [2.75, 3.05) is 6.61 Å². The number of carboxylic acid groups (broad SMARTS) is 1. The predicted molar refractivity (Wildman–Crippen MR) is 80.5 cm³/mol. The summed E-state index contributed by atoms with van der Waals surface area (Å²) in [5.74, 6) is -0.0758. The molecule has 0 aliphatic heterocycles. The largest absolute Gasteiger partial charge is 0.492 e. The Morgan fingerprint density at radius 3 is 2.65 bits per heavy atom. The van der Waals surface area contributed by atoms with Crippen molar-refractivity contribution >= 4 is 28.5 Å². The molecule has 1 N–H and O–H groups in total. The number of aromatic nitrogens is 1. The highest BCUT2D eigenvalue weighted by atomic mass is 32.2. The molecule has 0 saturated heterocycles. The molecule has 0 radical (unpaired) electrons. The van der Waals surface area contributed by atoms with Gasteiger partial charge in [0.05, 0.1) is 12.8 Å². The number of carbonyl (C=O) groups is 1. The fourth-order valence-electron chi connectivity index (χ4n) is 1.95. The number of thioether (sulfide) groups is 1. The molecule has 106 valence electrons. The average molecular weight is 291 g/mol. The number of ether oxygens (including phenoxy) is 1. The summed E-state index contributed by atoms with van der Waals surface area (Å²) < 4.78 is 5.56. The van der Waals surface area contributed by atoms with Crippen LogP contribution in [0.15, 0.2) is 35.5 Å². The molecule has 1 aromatic heterocycles. The lowest BCUT2D eigenvalue weighted by Crippen LogP contribution is -2.15. The van der Waals surface area contributed by atoms with Crippen molar-refractivity contribution in [3.05, 3.63) is 30.5 Å². The van der Waals surface area contributed by atoms with Gasteiger partial charge < -0.3 is 9.84 Å². The number of pyridine rings is 1. The number of carboxylic acids is 1. The first-order valence-corrected chi connectivity index (χ1v) is 7.45. The summed E-state index contributed by atoms with van der Waals surface area (Å²) in [5.41, 5.74) is 0. The van der Waals surface area contributed by atoms with Gasteiger partial charge in [0, 0.05) is 10.8 Å². The Kier molecular flexibility index (Phi) is 4.84. The predicted octanol–water partition coefficient (Wildman–Crippen LogP) is 3.59. The lowest BCUT2D eigenvalue weighted by Gasteiger charge is -2.13. The van der Waals surface area contributed by atoms with E-state index in [0.717, 1.165) is 21.5 Å². The van der Waals surface area contributed by atoms with Gasteiger partial charge in [0.1, 0.15) is 16.0 Å². The second kappa shape index (κ2) is 6.61. The Labute approximate surface area is 122 Å². The maximum atomic E-state index is 11.2. The number of rotatable bonds is 6. The van der Waals surface area contributed by atoms with Crippen LogP contribution in [0.2, 0.25) is 0 Å². The highest BCUT2D eigenvalue weighted by Gasteiger charge is 2.19. The summed E-state index contributed by atoms with van der Waals surface area (Å²) in [6.45, 7) is 4.36. The van der Waals surface area contributed by atoms with Crippen molar-refractivity contribution < 1.29 is 14.6 Å². The van der Waals surface area contributed by atoms with Gasteiger partial charge in [-0.15, -0.1) is 0 Å². The first-order chi connectivity index (χ1) is 9.67. The van der Waals surface area contributed by atoms with Crippen LogP contribution >= 0.6 is 11.8 Å². The van der Waals surface area contributed by atoms with E-state index in [2.05, 4.69) is 4.98 Å². The number of nitrogens with zero attached hydrogens (tertiary/aromatic N) is 1. The van der Waals surface area contributed by atoms with Crippen molar-refractivity contribution in [2.24, 2.45) is 0 Å². The number of hydrogen-bond donors (Lipinski definition) is 1. The molecule has 0 saturated carbocycles. The van der Waals surface area contributed by atoms with Crippen LogP contribution in [0.1, 0.15) is 20.3 Å². The zero-order valence-corrected chi connectivity index (χ0v) is 12.3. The fourth-order valence-corrected chi connectivity index (χ4v) is 2.90. The first-order valence-electron chi connectivity index (χ1n) is 6.57. The van der Waals surface area contributed by atoms with Crippen molar-refractivity contribution in [2.45, 2.75) is 30.5 Å². The molecule has 0 bridgehead atoms. The number of aliphatic carboxylic acids is 1. The third kappa shape index (κ3) is 3.04. The molecule has 2 aromatic rings. The standard InChI is InChI=1S/C15H17NO3S/c1-3-13(15(17)18)20-14-11-8-6-5-7-10(11)12(9-16-14)19-4-2/h5-9,13H,3-4H2,1-2H3,(H,17,18)/t13-/m0/s1. The molecule has 0 aliphatic carbocycles. The van der Waals surface area contributed by atoms with E-state index in [-0.39, 0.29) is 0 Å². The molecule has 0 unspecified atom stereocenters. The zero-order chi connectivity index (χ0) is 14.5. The molecular weight excluding hydrogens is 274 g/mol. The molecular formula is C15H17NO3S. The van der Waals surface area contributed by atoms with Crippen LogP contribution in [-0.4, -0.2) is 27.9 Å². The maximum Gasteiger partial charge on any atom is 0.317 e. The van der Waals surface area contributed by atoms with Crippen molar-refractivity contribution in [3.8, 4) is 5.75 Å². The molecule has 1 atom stereocenters. The molecule has 0 spiro atoms. The number of hydrogen-bond acceptors (Lipinski definition) is 4. The van der Waals surface area contributed by atoms with E-state index in [9.17, 15) is 9.90 Å². The van der Waals surface area contributed by atoms with E-state index >= 15 is 0 Å². The lowest BCUT2D eigenvalue weighted by atomic mass is 10.2. The molecule has 0 aliphatic rings. The van der Waals surface area contributed by atoms with E-state index in [4.69, 9.17) is 4.74 Å². The normalized spacial score (nSPS) is 12.3. The molecule has 20 heavy (non-hydrogen) atoms. The Morgan fingerprint density at radius 2 is 2.05 bits per heavy atom. The minimum Gasteiger partial charge on any atom is -0.492 e. The van der Waals surface area contributed by atoms with E-state index in [1.165, 1.54) is 11.8 Å². The summed E-state index contributed by atoms with van der Waals surface area (Å²) in [4.78, 5) is 15.5. The van der Waals surface area contributed by atoms with Gasteiger partial charge >= 0.3 is 5.97 Å². The maximum absolute atomic E-state index is 11.2. The van der Waals surface area contributed by atoms with E-state index < -0.39 is 11.2 Å². The third-order valence-electron chi connectivity index (χ3n) is 2.92. The minimum atomic E-state index is -0.808. The third-order valence-corrected chi connectivity index (χ3v) is 4.29. The number of fused-ring (bicyclic) bond motifs is 1. The smallest absolute Gasteiger partial charge is 0.317 e. The molecule has 1 heterocycles. The van der Waals surface area contributed by atoms with Gasteiger partial charge in [-0.25, -0.2) is 4.98 Å². The number of benzene rings is 1. The molecule has 4 nitrogen and oxygen atoms in total. The Balaban J connectivity index is 2.45. The molecule has 0 amide bonds. The fraction of sp³-hybridized carbons (Fsp3) is 0.333. The van der Waals surface area contributed by atoms with E-state index in [1.807, 2.05) is 38.1 Å². The summed E-state index contributed by atoms with van der Waals surface area (Å²) >= 11 is 1.29. The quantitative estimate of drug-likeness (QED) is 0.824. The van der Waals surface area contributed by atoms with Crippen LogP contribution in [0.4, 0.5) is 0 Å². The second-order valence-corrected chi connectivity index (χ2v) is 5.45. The van der Waals surface area contributed by atoms with Crippen molar-refractivity contribution in [3.63, 3.8) is 0 Å². The molecule has 0 fully saturated rings. The van der Waals surface area contributed by atoms with Crippen molar-refractivity contribution in [1.29, 1.82) is 0 Å². The van der Waals surface area contributed by atoms with Gasteiger partial charge in [-0.1, -0.05) is 43.0 Å². The lowest BCUT2D eigenvalue weighted by molar-refractivity contribution is -0.136. The Morgan fingerprint density at radius 1 is 1.35 bits per heavy atom. The van der Waals surface area contributed by atoms with Gasteiger partial charge in [0.2, 0.25) is 0 Å². The molecule has 1 aromatic carbocycles. The van der Waals surface area contributed by atoms with Crippen LogP contribution in [0.25, 0.3) is 10.8 Å². The molecule has 2 rings (SSSR count). The summed E-state index contributed by atoms with van der Waals surface area (Å²) in [6, 6.07) is 7.77. The summed E-state index contributed by atoms with van der Waals surface area (Å²) in [7, 11) is 0. The van der Waals surface area contributed by atoms with Crippen LogP contribution in [0.5, 0.6) is 5.75 Å². The van der Waals surface area contributed by atoms with E-state index in [0.29, 0.717) is 13.0 Å². The average Bonchev–Trinajstić information content (AvgIpc) is 2.46. The summed E-state index contributed by atoms with van der Waals surface area (Å²) in [5, 5.41) is 11.3. The van der Waals surface area contributed by atoms with Gasteiger partial charge in [0.15, 0.2) is 0 Å². The highest BCUT2D eigenvalue weighted by Crippen LogP contribution is 2.34. The van der Waals surface area contributed by atoms with Gasteiger partial charge in [0.25, 0.3) is 0 Å². The topological polar surface area (TPSA) is 59.4 Å². The van der Waals surface area contributed by atoms with Gasteiger partial charge in [-0.05, 0) is 13.3 Å². The van der Waals surface area contributed by atoms with Gasteiger partial charge in [-0.2, -0.15) is 0 Å². The van der Waals surface area contributed by atoms with Crippen molar-refractivity contribution in [1.82, 2.24) is 4.98 Å².